The second-order valence-corrected chi connectivity index (χ2v) is 5.01. The summed E-state index contributed by atoms with van der Waals surface area (Å²) in [6.45, 7) is 0.363. The molecule has 3 rings (SSSR count). The fraction of sp³-hybridized carbons (Fsp3) is 0.111. The molecule has 0 radical (unpaired) electrons. The van der Waals surface area contributed by atoms with E-state index in [-0.39, 0.29) is 5.91 Å². The lowest BCUT2D eigenvalue weighted by Crippen LogP contribution is -2.24. The second kappa shape index (κ2) is 7.32. The molecule has 1 N–H and O–H groups in total. The third kappa shape index (κ3) is 3.55. The zero-order valence-electron chi connectivity index (χ0n) is 13.1. The Bertz CT molecular complexity index is 820. The van der Waals surface area contributed by atoms with Crippen molar-refractivity contribution in [1.82, 2.24) is 20.5 Å². The number of benzene rings is 1. The Morgan fingerprint density at radius 1 is 1.04 bits per heavy atom. The first-order chi connectivity index (χ1) is 11.8. The quantitative estimate of drug-likeness (QED) is 0.781. The van der Waals surface area contributed by atoms with Gasteiger partial charge in [0.25, 0.3) is 5.91 Å². The van der Waals surface area contributed by atoms with Gasteiger partial charge in [-0.1, -0.05) is 24.3 Å². The Morgan fingerprint density at radius 3 is 2.58 bits per heavy atom. The highest BCUT2D eigenvalue weighted by Gasteiger charge is 2.13. The van der Waals surface area contributed by atoms with Crippen molar-refractivity contribution in [3.8, 4) is 17.1 Å². The van der Waals surface area contributed by atoms with Crippen LogP contribution < -0.4 is 10.1 Å². The number of pyridine rings is 1. The Morgan fingerprint density at radius 2 is 1.88 bits per heavy atom. The number of methoxy groups -OCH3 is 1. The molecule has 2 heterocycles. The molecule has 3 aromatic rings. The molecule has 1 amide bonds. The SMILES string of the molecule is COc1ccc(-c2ccccc2C(=O)NCc2ccccn2)nn1. The van der Waals surface area contributed by atoms with E-state index in [2.05, 4.69) is 20.5 Å². The van der Waals surface area contributed by atoms with E-state index in [1.165, 1.54) is 7.11 Å². The highest BCUT2D eigenvalue weighted by Crippen LogP contribution is 2.22. The van der Waals surface area contributed by atoms with Crippen molar-refractivity contribution in [3.63, 3.8) is 0 Å². The average molecular weight is 320 g/mol. The van der Waals surface area contributed by atoms with Crippen molar-refractivity contribution in [1.29, 1.82) is 0 Å². The molecule has 0 bridgehead atoms. The summed E-state index contributed by atoms with van der Waals surface area (Å²) in [5.74, 6) is 0.240. The summed E-state index contributed by atoms with van der Waals surface area (Å²) in [7, 11) is 1.53. The lowest BCUT2D eigenvalue weighted by atomic mass is 10.0. The van der Waals surface area contributed by atoms with E-state index in [1.807, 2.05) is 36.4 Å². The van der Waals surface area contributed by atoms with E-state index in [4.69, 9.17) is 4.74 Å². The van der Waals surface area contributed by atoms with Crippen LogP contribution in [0.25, 0.3) is 11.3 Å². The molecule has 0 unspecified atom stereocenters. The first kappa shape index (κ1) is 15.6. The number of hydrogen-bond acceptors (Lipinski definition) is 5. The first-order valence-corrected chi connectivity index (χ1v) is 7.43. The molecule has 24 heavy (non-hydrogen) atoms. The molecule has 6 nitrogen and oxygen atoms in total. The van der Waals surface area contributed by atoms with Crippen LogP contribution in [0.4, 0.5) is 0 Å². The molecule has 1 aromatic carbocycles. The minimum Gasteiger partial charge on any atom is -0.480 e. The summed E-state index contributed by atoms with van der Waals surface area (Å²) in [6.07, 6.45) is 1.70. The van der Waals surface area contributed by atoms with Gasteiger partial charge in [0.1, 0.15) is 0 Å². The first-order valence-electron chi connectivity index (χ1n) is 7.43. The maximum absolute atomic E-state index is 12.5. The van der Waals surface area contributed by atoms with Crippen molar-refractivity contribution >= 4 is 5.91 Å². The van der Waals surface area contributed by atoms with Gasteiger partial charge in [-0.3, -0.25) is 9.78 Å². The summed E-state index contributed by atoms with van der Waals surface area (Å²) in [5.41, 5.74) is 2.66. The Balaban J connectivity index is 1.81. The third-order valence-corrected chi connectivity index (χ3v) is 3.45. The molecule has 0 aliphatic rings. The standard InChI is InChI=1S/C18H16N4O2/c1-24-17-10-9-16(21-22-17)14-7-2-3-8-15(14)18(23)20-12-13-6-4-5-11-19-13/h2-11H,12H2,1H3,(H,20,23). The number of nitrogens with zero attached hydrogens (tertiary/aromatic N) is 3. The molecular formula is C18H16N4O2. The smallest absolute Gasteiger partial charge is 0.252 e. The molecule has 120 valence electrons. The summed E-state index contributed by atoms with van der Waals surface area (Å²) in [6, 6.07) is 16.3. The fourth-order valence-corrected chi connectivity index (χ4v) is 2.25. The van der Waals surface area contributed by atoms with Crippen LogP contribution >= 0.6 is 0 Å². The highest BCUT2D eigenvalue weighted by atomic mass is 16.5. The number of aromatic nitrogens is 3. The van der Waals surface area contributed by atoms with Crippen LogP contribution in [0.15, 0.2) is 60.8 Å². The molecule has 0 saturated carbocycles. The topological polar surface area (TPSA) is 77.0 Å². The summed E-state index contributed by atoms with van der Waals surface area (Å²) in [4.78, 5) is 16.7. The van der Waals surface area contributed by atoms with Crippen LogP contribution in [0.1, 0.15) is 16.1 Å². The van der Waals surface area contributed by atoms with Crippen LogP contribution in [-0.4, -0.2) is 28.2 Å². The number of ether oxygens (including phenoxy) is 1. The zero-order valence-corrected chi connectivity index (χ0v) is 13.1. The molecule has 2 aromatic heterocycles. The molecule has 6 heteroatoms. The van der Waals surface area contributed by atoms with Gasteiger partial charge in [-0.15, -0.1) is 10.2 Å². The highest BCUT2D eigenvalue weighted by molar-refractivity contribution is 6.00. The van der Waals surface area contributed by atoms with Gasteiger partial charge in [0.05, 0.1) is 25.0 Å². The van der Waals surface area contributed by atoms with Crippen molar-refractivity contribution in [2.75, 3.05) is 7.11 Å². The molecule has 0 atom stereocenters. The second-order valence-electron chi connectivity index (χ2n) is 5.01. The maximum Gasteiger partial charge on any atom is 0.252 e. The third-order valence-electron chi connectivity index (χ3n) is 3.45. The normalized spacial score (nSPS) is 10.2. The molecule has 0 aliphatic heterocycles. The molecule has 0 spiro atoms. The van der Waals surface area contributed by atoms with E-state index in [9.17, 15) is 4.79 Å². The van der Waals surface area contributed by atoms with Crippen LogP contribution in [-0.2, 0) is 6.54 Å². The summed E-state index contributed by atoms with van der Waals surface area (Å²) >= 11 is 0. The van der Waals surface area contributed by atoms with E-state index in [1.54, 1.807) is 24.4 Å². The van der Waals surface area contributed by atoms with Crippen LogP contribution in [0.2, 0.25) is 0 Å². The monoisotopic (exact) mass is 320 g/mol. The number of hydrogen-bond donors (Lipinski definition) is 1. The minimum atomic E-state index is -0.186. The lowest BCUT2D eigenvalue weighted by molar-refractivity contribution is 0.0951. The summed E-state index contributed by atoms with van der Waals surface area (Å²) < 4.78 is 5.01. The van der Waals surface area contributed by atoms with Gasteiger partial charge in [0, 0.05) is 23.4 Å². The summed E-state index contributed by atoms with van der Waals surface area (Å²) in [5, 5.41) is 10.9. The van der Waals surface area contributed by atoms with E-state index >= 15 is 0 Å². The predicted octanol–water partition coefficient (Wildman–Crippen LogP) is 2.48. The number of carbonyl (C=O) groups excluding carboxylic acids is 1. The van der Waals surface area contributed by atoms with Crippen LogP contribution in [0, 0.1) is 0 Å². The maximum atomic E-state index is 12.5. The zero-order chi connectivity index (χ0) is 16.8. The van der Waals surface area contributed by atoms with Crippen molar-refractivity contribution in [3.05, 3.63) is 72.1 Å². The minimum absolute atomic E-state index is 0.186. The van der Waals surface area contributed by atoms with Gasteiger partial charge in [-0.2, -0.15) is 0 Å². The number of nitrogens with one attached hydrogen (secondary N) is 1. The number of carbonyl (C=O) groups is 1. The largest absolute Gasteiger partial charge is 0.480 e. The van der Waals surface area contributed by atoms with Crippen molar-refractivity contribution < 1.29 is 9.53 Å². The average Bonchev–Trinajstić information content (AvgIpc) is 2.67. The Labute approximate surface area is 139 Å². The van der Waals surface area contributed by atoms with Gasteiger partial charge in [-0.25, -0.2) is 0 Å². The molecule has 0 aliphatic carbocycles. The van der Waals surface area contributed by atoms with Crippen molar-refractivity contribution in [2.24, 2.45) is 0 Å². The van der Waals surface area contributed by atoms with E-state index in [0.29, 0.717) is 29.2 Å². The van der Waals surface area contributed by atoms with Gasteiger partial charge in [0.2, 0.25) is 5.88 Å². The van der Waals surface area contributed by atoms with E-state index < -0.39 is 0 Å². The number of amides is 1. The van der Waals surface area contributed by atoms with Gasteiger partial charge in [0.15, 0.2) is 0 Å². The number of rotatable bonds is 5. The van der Waals surface area contributed by atoms with Crippen LogP contribution in [0.3, 0.4) is 0 Å². The van der Waals surface area contributed by atoms with Crippen LogP contribution in [0.5, 0.6) is 5.88 Å². The van der Waals surface area contributed by atoms with Gasteiger partial charge >= 0.3 is 0 Å². The fourth-order valence-electron chi connectivity index (χ4n) is 2.25. The molecule has 0 saturated heterocycles. The van der Waals surface area contributed by atoms with Gasteiger partial charge < -0.3 is 10.1 Å². The molecule has 0 fully saturated rings. The molecular weight excluding hydrogens is 304 g/mol. The van der Waals surface area contributed by atoms with Gasteiger partial charge in [-0.05, 0) is 24.3 Å². The predicted molar refractivity (Wildman–Crippen MR) is 89.4 cm³/mol. The lowest BCUT2D eigenvalue weighted by Gasteiger charge is -2.09. The Kier molecular flexibility index (Phi) is 4.76. The van der Waals surface area contributed by atoms with Crippen molar-refractivity contribution in [2.45, 2.75) is 6.54 Å². The van der Waals surface area contributed by atoms with E-state index in [0.717, 1.165) is 5.69 Å². The Hall–Kier alpha value is -3.28.